The van der Waals surface area contributed by atoms with E-state index in [4.69, 9.17) is 4.74 Å². The molecule has 0 aliphatic rings. The molecule has 104 valence electrons. The Labute approximate surface area is 111 Å². The van der Waals surface area contributed by atoms with Crippen LogP contribution < -0.4 is 5.32 Å². The van der Waals surface area contributed by atoms with Gasteiger partial charge in [0.2, 0.25) is 0 Å². The van der Waals surface area contributed by atoms with Gasteiger partial charge in [-0.05, 0) is 17.0 Å². The molecule has 0 amide bonds. The highest BCUT2D eigenvalue weighted by Crippen LogP contribution is 2.21. The van der Waals surface area contributed by atoms with Crippen molar-refractivity contribution in [2.24, 2.45) is 0 Å². The number of nitrogens with zero attached hydrogens (tertiary/aromatic N) is 1. The summed E-state index contributed by atoms with van der Waals surface area (Å²) in [6, 6.07) is 7.72. The van der Waals surface area contributed by atoms with Crippen LogP contribution in [0.1, 0.15) is 5.56 Å². The van der Waals surface area contributed by atoms with Gasteiger partial charge < -0.3 is 14.6 Å². The lowest BCUT2D eigenvalue weighted by Crippen LogP contribution is -2.19. The van der Waals surface area contributed by atoms with Gasteiger partial charge in [0, 0.05) is 26.4 Å². The molecule has 1 aromatic carbocycles. The predicted octanol–water partition coefficient (Wildman–Crippen LogP) is 2.64. The third-order valence-electron chi connectivity index (χ3n) is 3.01. The first-order chi connectivity index (χ1) is 9.22. The molecule has 3 nitrogen and oxygen atoms in total. The summed E-state index contributed by atoms with van der Waals surface area (Å²) in [4.78, 5) is 0. The molecule has 0 bridgehead atoms. The highest BCUT2D eigenvalue weighted by Gasteiger charge is 2.10. The zero-order valence-electron chi connectivity index (χ0n) is 10.9. The fraction of sp³-hybridized carbons (Fsp3) is 0.429. The fourth-order valence-electron chi connectivity index (χ4n) is 2.18. The minimum atomic E-state index is -2.34. The summed E-state index contributed by atoms with van der Waals surface area (Å²) in [5.41, 5.74) is 1.91. The monoisotopic (exact) mass is 268 g/mol. The summed E-state index contributed by atoms with van der Waals surface area (Å²) >= 11 is 0. The molecule has 0 saturated heterocycles. The summed E-state index contributed by atoms with van der Waals surface area (Å²) in [5, 5.41) is 4.23. The SMILES string of the molecule is COCCNCc1cccc2ccn(CC(F)F)c12. The van der Waals surface area contributed by atoms with Gasteiger partial charge in [-0.2, -0.15) is 0 Å². The van der Waals surface area contributed by atoms with Crippen molar-refractivity contribution in [2.75, 3.05) is 20.3 Å². The Morgan fingerprint density at radius 1 is 1.32 bits per heavy atom. The van der Waals surface area contributed by atoms with Crippen molar-refractivity contribution in [3.63, 3.8) is 0 Å². The van der Waals surface area contributed by atoms with Crippen LogP contribution in [0.5, 0.6) is 0 Å². The van der Waals surface area contributed by atoms with Gasteiger partial charge in [0.25, 0.3) is 6.43 Å². The fourth-order valence-corrected chi connectivity index (χ4v) is 2.18. The van der Waals surface area contributed by atoms with E-state index in [0.29, 0.717) is 13.2 Å². The van der Waals surface area contributed by atoms with E-state index in [2.05, 4.69) is 5.32 Å². The van der Waals surface area contributed by atoms with Gasteiger partial charge in [-0.15, -0.1) is 0 Å². The summed E-state index contributed by atoms with van der Waals surface area (Å²) < 4.78 is 31.7. The van der Waals surface area contributed by atoms with E-state index < -0.39 is 6.43 Å². The number of hydrogen-bond acceptors (Lipinski definition) is 2. The van der Waals surface area contributed by atoms with E-state index in [9.17, 15) is 8.78 Å². The van der Waals surface area contributed by atoms with Crippen molar-refractivity contribution < 1.29 is 13.5 Å². The number of fused-ring (bicyclic) bond motifs is 1. The van der Waals surface area contributed by atoms with Gasteiger partial charge in [0.15, 0.2) is 0 Å². The van der Waals surface area contributed by atoms with Crippen LogP contribution >= 0.6 is 0 Å². The van der Waals surface area contributed by atoms with Crippen molar-refractivity contribution in [1.82, 2.24) is 9.88 Å². The molecule has 0 saturated carbocycles. The van der Waals surface area contributed by atoms with Gasteiger partial charge in [-0.1, -0.05) is 18.2 Å². The van der Waals surface area contributed by atoms with Gasteiger partial charge in [0.1, 0.15) is 0 Å². The van der Waals surface area contributed by atoms with Crippen LogP contribution in [-0.4, -0.2) is 31.3 Å². The summed E-state index contributed by atoms with van der Waals surface area (Å²) in [7, 11) is 1.65. The molecule has 19 heavy (non-hydrogen) atoms. The Bertz CT molecular complexity index is 525. The largest absolute Gasteiger partial charge is 0.383 e. The molecule has 2 rings (SSSR count). The highest BCUT2D eigenvalue weighted by atomic mass is 19.3. The van der Waals surface area contributed by atoms with Crippen molar-refractivity contribution in [2.45, 2.75) is 19.5 Å². The smallest absolute Gasteiger partial charge is 0.256 e. The molecule has 2 aromatic rings. The Morgan fingerprint density at radius 2 is 2.16 bits per heavy atom. The maximum Gasteiger partial charge on any atom is 0.256 e. The van der Waals surface area contributed by atoms with E-state index in [1.54, 1.807) is 17.9 Å². The minimum absolute atomic E-state index is 0.265. The van der Waals surface area contributed by atoms with E-state index in [1.165, 1.54) is 0 Å². The van der Waals surface area contributed by atoms with Crippen molar-refractivity contribution in [3.05, 3.63) is 36.0 Å². The molecule has 0 aliphatic heterocycles. The Morgan fingerprint density at radius 3 is 2.89 bits per heavy atom. The van der Waals surface area contributed by atoms with E-state index in [1.807, 2.05) is 24.3 Å². The molecule has 1 N–H and O–H groups in total. The van der Waals surface area contributed by atoms with Crippen LogP contribution in [0.3, 0.4) is 0 Å². The number of hydrogen-bond donors (Lipinski definition) is 1. The number of methoxy groups -OCH3 is 1. The number of rotatable bonds is 7. The number of alkyl halides is 2. The Kier molecular flexibility index (Phi) is 4.87. The summed E-state index contributed by atoms with van der Waals surface area (Å²) in [6.45, 7) is 1.75. The summed E-state index contributed by atoms with van der Waals surface area (Å²) in [5.74, 6) is 0. The van der Waals surface area contributed by atoms with Crippen LogP contribution in [-0.2, 0) is 17.8 Å². The summed E-state index contributed by atoms with van der Waals surface area (Å²) in [6.07, 6.45) is -0.625. The number of benzene rings is 1. The van der Waals surface area contributed by atoms with Gasteiger partial charge in [0.05, 0.1) is 18.7 Å². The number of nitrogens with one attached hydrogen (secondary N) is 1. The quantitative estimate of drug-likeness (QED) is 0.781. The maximum atomic E-state index is 12.6. The van der Waals surface area contributed by atoms with E-state index in [-0.39, 0.29) is 6.54 Å². The lowest BCUT2D eigenvalue weighted by molar-refractivity contribution is 0.128. The lowest BCUT2D eigenvalue weighted by atomic mass is 10.1. The van der Waals surface area contributed by atoms with Crippen LogP contribution in [0.4, 0.5) is 8.78 Å². The van der Waals surface area contributed by atoms with Crippen LogP contribution in [0, 0.1) is 0 Å². The zero-order chi connectivity index (χ0) is 13.7. The first kappa shape index (κ1) is 14.0. The molecule has 0 spiro atoms. The van der Waals surface area contributed by atoms with Crippen LogP contribution in [0.15, 0.2) is 30.5 Å². The van der Waals surface area contributed by atoms with Crippen LogP contribution in [0.25, 0.3) is 10.9 Å². The highest BCUT2D eigenvalue weighted by molar-refractivity contribution is 5.83. The van der Waals surface area contributed by atoms with Crippen LogP contribution in [0.2, 0.25) is 0 Å². The van der Waals surface area contributed by atoms with Gasteiger partial charge >= 0.3 is 0 Å². The molecule has 0 radical (unpaired) electrons. The third kappa shape index (κ3) is 3.52. The predicted molar refractivity (Wildman–Crippen MR) is 71.5 cm³/mol. The standard InChI is InChI=1S/C14H18F2N2O/c1-19-8-6-17-9-12-4-2-3-11-5-7-18(14(11)12)10-13(15)16/h2-5,7,13,17H,6,8-10H2,1H3. The number of halogens is 2. The molecule has 0 aliphatic carbocycles. The lowest BCUT2D eigenvalue weighted by Gasteiger charge is -2.10. The zero-order valence-corrected chi connectivity index (χ0v) is 10.9. The molecular weight excluding hydrogens is 250 g/mol. The second kappa shape index (κ2) is 6.63. The minimum Gasteiger partial charge on any atom is -0.383 e. The number of ether oxygens (including phenoxy) is 1. The Balaban J connectivity index is 2.19. The van der Waals surface area contributed by atoms with E-state index in [0.717, 1.165) is 23.0 Å². The molecule has 0 fully saturated rings. The number of para-hydroxylation sites is 1. The average molecular weight is 268 g/mol. The third-order valence-corrected chi connectivity index (χ3v) is 3.01. The maximum absolute atomic E-state index is 12.6. The molecule has 0 atom stereocenters. The normalized spacial score (nSPS) is 11.6. The second-order valence-corrected chi connectivity index (χ2v) is 4.38. The number of aromatic nitrogens is 1. The average Bonchev–Trinajstić information content (AvgIpc) is 2.78. The van der Waals surface area contributed by atoms with E-state index >= 15 is 0 Å². The van der Waals surface area contributed by atoms with Crippen molar-refractivity contribution in [3.8, 4) is 0 Å². The molecular formula is C14H18F2N2O. The molecule has 5 heteroatoms. The van der Waals surface area contributed by atoms with Crippen molar-refractivity contribution >= 4 is 10.9 Å². The molecule has 1 heterocycles. The van der Waals surface area contributed by atoms with Gasteiger partial charge in [-0.3, -0.25) is 0 Å². The van der Waals surface area contributed by atoms with Gasteiger partial charge in [-0.25, -0.2) is 8.78 Å². The molecule has 1 aromatic heterocycles. The van der Waals surface area contributed by atoms with Crippen molar-refractivity contribution in [1.29, 1.82) is 0 Å². The molecule has 0 unspecified atom stereocenters. The topological polar surface area (TPSA) is 26.2 Å². The first-order valence-corrected chi connectivity index (χ1v) is 6.27. The Hall–Kier alpha value is -1.46. The second-order valence-electron chi connectivity index (χ2n) is 4.38. The first-order valence-electron chi connectivity index (χ1n) is 6.27.